The van der Waals surface area contributed by atoms with E-state index in [0.717, 1.165) is 26.1 Å². The molecule has 0 radical (unpaired) electrons. The SMILES string of the molecule is CCCN1CCN(C(=O)NC(CC(=O)O)C(=O)O)CC1. The van der Waals surface area contributed by atoms with Gasteiger partial charge in [0.1, 0.15) is 6.04 Å². The van der Waals surface area contributed by atoms with Crippen LogP contribution in [0.2, 0.25) is 0 Å². The van der Waals surface area contributed by atoms with E-state index < -0.39 is 30.4 Å². The van der Waals surface area contributed by atoms with E-state index in [2.05, 4.69) is 17.1 Å². The lowest BCUT2D eigenvalue weighted by molar-refractivity contribution is -0.145. The topological polar surface area (TPSA) is 110 Å². The minimum atomic E-state index is -1.39. The molecule has 2 amide bonds. The first-order chi connectivity index (χ1) is 9.43. The Hall–Kier alpha value is -1.83. The minimum Gasteiger partial charge on any atom is -0.481 e. The van der Waals surface area contributed by atoms with E-state index in [-0.39, 0.29) is 0 Å². The molecule has 0 aromatic carbocycles. The normalized spacial score (nSPS) is 17.6. The molecular formula is C12H21N3O5. The van der Waals surface area contributed by atoms with Crippen LogP contribution in [0.3, 0.4) is 0 Å². The molecule has 1 saturated heterocycles. The number of urea groups is 1. The van der Waals surface area contributed by atoms with Crippen molar-refractivity contribution in [1.29, 1.82) is 0 Å². The Kier molecular flexibility index (Phi) is 6.23. The molecule has 114 valence electrons. The van der Waals surface area contributed by atoms with Gasteiger partial charge in [-0.25, -0.2) is 9.59 Å². The zero-order valence-electron chi connectivity index (χ0n) is 11.5. The zero-order valence-corrected chi connectivity index (χ0v) is 11.5. The molecule has 1 atom stereocenters. The second-order valence-electron chi connectivity index (χ2n) is 4.77. The van der Waals surface area contributed by atoms with Crippen LogP contribution < -0.4 is 5.32 Å². The third-order valence-electron chi connectivity index (χ3n) is 3.17. The number of hydrogen-bond acceptors (Lipinski definition) is 4. The lowest BCUT2D eigenvalue weighted by Gasteiger charge is -2.34. The highest BCUT2D eigenvalue weighted by atomic mass is 16.4. The van der Waals surface area contributed by atoms with Crippen molar-refractivity contribution in [3.8, 4) is 0 Å². The number of carbonyl (C=O) groups excluding carboxylic acids is 1. The summed E-state index contributed by atoms with van der Waals surface area (Å²) in [7, 11) is 0. The highest BCUT2D eigenvalue weighted by Gasteiger charge is 2.27. The number of rotatable bonds is 6. The molecule has 8 heteroatoms. The minimum absolute atomic E-state index is 0.519. The van der Waals surface area contributed by atoms with Crippen LogP contribution in [0.4, 0.5) is 4.79 Å². The maximum absolute atomic E-state index is 11.9. The zero-order chi connectivity index (χ0) is 15.1. The number of nitrogens with one attached hydrogen (secondary N) is 1. The Morgan fingerprint density at radius 1 is 1.15 bits per heavy atom. The van der Waals surface area contributed by atoms with Crippen LogP contribution in [0, 0.1) is 0 Å². The number of nitrogens with zero attached hydrogens (tertiary/aromatic N) is 2. The molecular weight excluding hydrogens is 266 g/mol. The average molecular weight is 287 g/mol. The van der Waals surface area contributed by atoms with Gasteiger partial charge in [0, 0.05) is 26.2 Å². The van der Waals surface area contributed by atoms with Gasteiger partial charge in [0.05, 0.1) is 6.42 Å². The fourth-order valence-electron chi connectivity index (χ4n) is 2.11. The average Bonchev–Trinajstić information content (AvgIpc) is 2.38. The number of piperazine rings is 1. The van der Waals surface area contributed by atoms with Gasteiger partial charge in [-0.1, -0.05) is 6.92 Å². The van der Waals surface area contributed by atoms with Gasteiger partial charge in [0.15, 0.2) is 0 Å². The molecule has 1 fully saturated rings. The lowest BCUT2D eigenvalue weighted by Crippen LogP contribution is -2.55. The van der Waals surface area contributed by atoms with Gasteiger partial charge < -0.3 is 20.4 Å². The summed E-state index contributed by atoms with van der Waals surface area (Å²) >= 11 is 0. The molecule has 1 aliphatic heterocycles. The van der Waals surface area contributed by atoms with E-state index in [1.54, 1.807) is 0 Å². The third-order valence-corrected chi connectivity index (χ3v) is 3.17. The second-order valence-corrected chi connectivity index (χ2v) is 4.77. The highest BCUT2D eigenvalue weighted by Crippen LogP contribution is 2.04. The van der Waals surface area contributed by atoms with Gasteiger partial charge in [-0.2, -0.15) is 0 Å². The largest absolute Gasteiger partial charge is 0.481 e. The van der Waals surface area contributed by atoms with Crippen LogP contribution in [-0.4, -0.2) is 76.7 Å². The molecule has 0 saturated carbocycles. The van der Waals surface area contributed by atoms with E-state index in [9.17, 15) is 14.4 Å². The number of carboxylic acids is 2. The molecule has 0 aromatic heterocycles. The van der Waals surface area contributed by atoms with Gasteiger partial charge in [0.25, 0.3) is 0 Å². The Morgan fingerprint density at radius 3 is 2.20 bits per heavy atom. The van der Waals surface area contributed by atoms with Gasteiger partial charge >= 0.3 is 18.0 Å². The van der Waals surface area contributed by atoms with Crippen molar-refractivity contribution >= 4 is 18.0 Å². The first kappa shape index (κ1) is 16.2. The van der Waals surface area contributed by atoms with E-state index >= 15 is 0 Å². The molecule has 0 aromatic rings. The molecule has 0 spiro atoms. The van der Waals surface area contributed by atoms with E-state index in [4.69, 9.17) is 10.2 Å². The fourth-order valence-corrected chi connectivity index (χ4v) is 2.11. The van der Waals surface area contributed by atoms with Gasteiger partial charge in [-0.05, 0) is 13.0 Å². The summed E-state index contributed by atoms with van der Waals surface area (Å²) in [4.78, 5) is 37.1. The van der Waals surface area contributed by atoms with Crippen molar-refractivity contribution < 1.29 is 24.6 Å². The molecule has 20 heavy (non-hydrogen) atoms. The smallest absolute Gasteiger partial charge is 0.326 e. The molecule has 1 aliphatic rings. The quantitative estimate of drug-likeness (QED) is 0.616. The second kappa shape index (κ2) is 7.68. The monoisotopic (exact) mass is 287 g/mol. The predicted molar refractivity (Wildman–Crippen MR) is 70.5 cm³/mol. The summed E-state index contributed by atoms with van der Waals surface area (Å²) in [5.41, 5.74) is 0. The molecule has 0 aliphatic carbocycles. The predicted octanol–water partition coefficient (Wildman–Crippen LogP) is -0.348. The van der Waals surface area contributed by atoms with Crippen LogP contribution in [-0.2, 0) is 9.59 Å². The van der Waals surface area contributed by atoms with Crippen molar-refractivity contribution in [2.75, 3.05) is 32.7 Å². The Morgan fingerprint density at radius 2 is 1.75 bits per heavy atom. The van der Waals surface area contributed by atoms with Crippen molar-refractivity contribution in [2.24, 2.45) is 0 Å². The van der Waals surface area contributed by atoms with Crippen LogP contribution in [0.15, 0.2) is 0 Å². The van der Waals surface area contributed by atoms with Crippen molar-refractivity contribution in [3.05, 3.63) is 0 Å². The summed E-state index contributed by atoms with van der Waals surface area (Å²) in [6.45, 7) is 5.60. The van der Waals surface area contributed by atoms with Crippen molar-refractivity contribution in [2.45, 2.75) is 25.8 Å². The number of hydrogen-bond donors (Lipinski definition) is 3. The molecule has 0 bridgehead atoms. The van der Waals surface area contributed by atoms with Gasteiger partial charge in [0.2, 0.25) is 0 Å². The summed E-state index contributed by atoms with van der Waals surface area (Å²) in [5, 5.41) is 19.7. The van der Waals surface area contributed by atoms with Crippen LogP contribution in [0.25, 0.3) is 0 Å². The lowest BCUT2D eigenvalue weighted by atomic mass is 10.2. The summed E-state index contributed by atoms with van der Waals surface area (Å²) in [6.07, 6.45) is 0.419. The van der Waals surface area contributed by atoms with E-state index in [1.807, 2.05) is 0 Å². The van der Waals surface area contributed by atoms with E-state index in [1.165, 1.54) is 4.90 Å². The van der Waals surface area contributed by atoms with E-state index in [0.29, 0.717) is 13.1 Å². The number of carbonyl (C=O) groups is 3. The third kappa shape index (κ3) is 5.04. The first-order valence-electron chi connectivity index (χ1n) is 6.66. The maximum Gasteiger partial charge on any atom is 0.326 e. The first-order valence-corrected chi connectivity index (χ1v) is 6.66. The number of carboxylic acid groups (broad SMARTS) is 2. The van der Waals surface area contributed by atoms with Crippen molar-refractivity contribution in [3.63, 3.8) is 0 Å². The maximum atomic E-state index is 11.9. The molecule has 8 nitrogen and oxygen atoms in total. The molecule has 1 rings (SSSR count). The van der Waals surface area contributed by atoms with Gasteiger partial charge in [-0.15, -0.1) is 0 Å². The Bertz CT molecular complexity index is 366. The summed E-state index contributed by atoms with van der Waals surface area (Å²) in [5.74, 6) is -2.60. The van der Waals surface area contributed by atoms with Gasteiger partial charge in [-0.3, -0.25) is 9.69 Å². The van der Waals surface area contributed by atoms with Crippen LogP contribution in [0.1, 0.15) is 19.8 Å². The van der Waals surface area contributed by atoms with Crippen LogP contribution in [0.5, 0.6) is 0 Å². The summed E-state index contributed by atoms with van der Waals surface area (Å²) < 4.78 is 0. The number of aliphatic carboxylic acids is 2. The number of amides is 2. The standard InChI is InChI=1S/C12H21N3O5/c1-2-3-14-4-6-15(7-5-14)12(20)13-9(11(18)19)8-10(16)17/h9H,2-8H2,1H3,(H,13,20)(H,16,17)(H,18,19). The van der Waals surface area contributed by atoms with Crippen LogP contribution >= 0.6 is 0 Å². The fraction of sp³-hybridized carbons (Fsp3) is 0.750. The summed E-state index contributed by atoms with van der Waals surface area (Å²) in [6, 6.07) is -1.91. The highest BCUT2D eigenvalue weighted by molar-refractivity contribution is 5.86. The Labute approximate surface area is 117 Å². The molecule has 3 N–H and O–H groups in total. The van der Waals surface area contributed by atoms with Crippen molar-refractivity contribution in [1.82, 2.24) is 15.1 Å². The molecule has 1 heterocycles. The molecule has 1 unspecified atom stereocenters. The Balaban J connectivity index is 2.45.